The van der Waals surface area contributed by atoms with Crippen molar-refractivity contribution in [1.82, 2.24) is 0 Å². The van der Waals surface area contributed by atoms with Crippen LogP contribution in [-0.4, -0.2) is 54.8 Å². The molecule has 0 amide bonds. The van der Waals surface area contributed by atoms with E-state index in [2.05, 4.69) is 0 Å². The van der Waals surface area contributed by atoms with Gasteiger partial charge >= 0.3 is 29.9 Å². The quantitative estimate of drug-likeness (QED) is 0.326. The number of hydrogen-bond donors (Lipinski definition) is 0. The lowest BCUT2D eigenvalue weighted by Crippen LogP contribution is -2.48. The highest BCUT2D eigenvalue weighted by Gasteiger charge is 2.39. The van der Waals surface area contributed by atoms with Crippen LogP contribution in [0.4, 0.5) is 4.39 Å². The molecule has 24 heavy (non-hydrogen) atoms. The Labute approximate surface area is 137 Å². The van der Waals surface area contributed by atoms with E-state index < -0.39 is 61.3 Å². The molecule has 0 aromatic rings. The van der Waals surface area contributed by atoms with Crippen molar-refractivity contribution in [2.75, 3.05) is 6.61 Å². The van der Waals surface area contributed by atoms with Crippen molar-refractivity contribution in [3.05, 3.63) is 0 Å². The molecule has 9 nitrogen and oxygen atoms in total. The first-order valence-corrected chi connectivity index (χ1v) is 6.86. The fraction of sp³-hybridized carbons (Fsp3) is 0.643. The second-order valence-corrected chi connectivity index (χ2v) is 4.73. The third-order valence-corrected chi connectivity index (χ3v) is 2.48. The van der Waals surface area contributed by atoms with Crippen molar-refractivity contribution in [2.45, 2.75) is 52.4 Å². The average Bonchev–Trinajstić information content (AvgIpc) is 2.38. The summed E-state index contributed by atoms with van der Waals surface area (Å²) in [5, 5.41) is 0. The number of esters is 4. The molecule has 10 heteroatoms. The Morgan fingerprint density at radius 2 is 1.21 bits per heavy atom. The van der Waals surface area contributed by atoms with Crippen molar-refractivity contribution in [2.24, 2.45) is 0 Å². The van der Waals surface area contributed by atoms with Gasteiger partial charge < -0.3 is 18.9 Å². The fourth-order valence-electron chi connectivity index (χ4n) is 1.79. The molecule has 3 atom stereocenters. The minimum atomic E-state index is -1.84. The molecule has 136 valence electrons. The molecule has 0 spiro atoms. The first kappa shape index (κ1) is 21.5. The van der Waals surface area contributed by atoms with Gasteiger partial charge in [0.1, 0.15) is 6.61 Å². The molecule has 0 rings (SSSR count). The Balaban J connectivity index is 5.58. The average molecular weight is 350 g/mol. The predicted molar refractivity (Wildman–Crippen MR) is 74.0 cm³/mol. The summed E-state index contributed by atoms with van der Waals surface area (Å²) in [5.41, 5.74) is 0. The summed E-state index contributed by atoms with van der Waals surface area (Å²) in [6, 6.07) is -1.84. The highest BCUT2D eigenvalue weighted by atomic mass is 19.1. The molecule has 0 saturated carbocycles. The van der Waals surface area contributed by atoms with Gasteiger partial charge in [-0.05, 0) is 0 Å². The number of ether oxygens (including phenoxy) is 4. The Hall–Kier alpha value is -2.52. The molecule has 0 radical (unpaired) electrons. The van der Waals surface area contributed by atoms with Crippen molar-refractivity contribution in [3.63, 3.8) is 0 Å². The Kier molecular flexibility index (Phi) is 9.21. The fourth-order valence-corrected chi connectivity index (χ4v) is 1.79. The maximum absolute atomic E-state index is 12.8. The van der Waals surface area contributed by atoms with Gasteiger partial charge in [-0.2, -0.15) is 4.39 Å². The number of halogens is 1. The van der Waals surface area contributed by atoms with Crippen LogP contribution in [0, 0.1) is 0 Å². The smallest absolute Gasteiger partial charge is 0.305 e. The van der Waals surface area contributed by atoms with Gasteiger partial charge in [-0.3, -0.25) is 24.0 Å². The van der Waals surface area contributed by atoms with E-state index in [0.717, 1.165) is 27.7 Å². The normalized spacial score (nSPS) is 13.9. The number of carbonyl (C=O) groups excluding carboxylic acids is 5. The molecular formula is C14H19FO9. The van der Waals surface area contributed by atoms with Crippen LogP contribution in [0.25, 0.3) is 0 Å². The monoisotopic (exact) mass is 350 g/mol. The van der Waals surface area contributed by atoms with E-state index >= 15 is 0 Å². The van der Waals surface area contributed by atoms with Crippen LogP contribution in [0.1, 0.15) is 34.1 Å². The highest BCUT2D eigenvalue weighted by molar-refractivity contribution is 5.71. The summed E-state index contributed by atoms with van der Waals surface area (Å²) >= 11 is 0. The molecule has 0 aromatic heterocycles. The lowest BCUT2D eigenvalue weighted by atomic mass is 10.0. The van der Waals surface area contributed by atoms with Gasteiger partial charge in [0.2, 0.25) is 0 Å². The molecular weight excluding hydrogens is 331 g/mol. The summed E-state index contributed by atoms with van der Waals surface area (Å²) in [5.74, 6) is -3.30. The van der Waals surface area contributed by atoms with E-state index in [9.17, 15) is 28.4 Å². The van der Waals surface area contributed by atoms with E-state index in [1.165, 1.54) is 0 Å². The van der Waals surface area contributed by atoms with E-state index in [0.29, 0.717) is 0 Å². The first-order valence-electron chi connectivity index (χ1n) is 6.86. The van der Waals surface area contributed by atoms with E-state index in [1.807, 2.05) is 0 Å². The van der Waals surface area contributed by atoms with Gasteiger partial charge in [0.15, 0.2) is 18.3 Å². The minimum Gasteiger partial charge on any atom is -0.462 e. The summed E-state index contributed by atoms with van der Waals surface area (Å²) < 4.78 is 32.1. The molecule has 0 N–H and O–H groups in total. The maximum Gasteiger partial charge on any atom is 0.305 e. The van der Waals surface area contributed by atoms with Gasteiger partial charge in [-0.15, -0.1) is 0 Å². The van der Waals surface area contributed by atoms with Crippen LogP contribution >= 0.6 is 0 Å². The van der Waals surface area contributed by atoms with Gasteiger partial charge in [0.05, 0.1) is 6.42 Å². The van der Waals surface area contributed by atoms with Crippen LogP contribution in [0.3, 0.4) is 0 Å². The maximum atomic E-state index is 12.8. The van der Waals surface area contributed by atoms with Crippen LogP contribution < -0.4 is 0 Å². The van der Waals surface area contributed by atoms with Gasteiger partial charge in [-0.25, -0.2) is 0 Å². The zero-order valence-electron chi connectivity index (χ0n) is 13.7. The molecule has 0 aliphatic rings. The van der Waals surface area contributed by atoms with E-state index in [1.54, 1.807) is 0 Å². The van der Waals surface area contributed by atoms with E-state index in [4.69, 9.17) is 18.9 Å². The zero-order chi connectivity index (χ0) is 18.9. The summed E-state index contributed by atoms with van der Waals surface area (Å²) in [4.78, 5) is 55.3. The first-order chi connectivity index (χ1) is 11.0. The largest absolute Gasteiger partial charge is 0.462 e. The molecule has 0 aliphatic carbocycles. The van der Waals surface area contributed by atoms with Crippen LogP contribution in [0.5, 0.6) is 0 Å². The summed E-state index contributed by atoms with van der Waals surface area (Å²) in [6.07, 6.45) is -5.45. The van der Waals surface area contributed by atoms with Crippen molar-refractivity contribution >= 4 is 29.9 Å². The molecule has 0 aliphatic heterocycles. The molecule has 0 heterocycles. The van der Waals surface area contributed by atoms with Crippen molar-refractivity contribution < 1.29 is 47.3 Å². The molecule has 0 fully saturated rings. The lowest BCUT2D eigenvalue weighted by Gasteiger charge is -2.30. The standard InChI is InChI=1S/C14H19FO9/c1-7(16)21-6-12(23-9(3)18)14(24-10(4)19)11(5-13(15)20)22-8(2)17/h11-12,14H,5-6H2,1-4H3/t11-,12-,14+/m1/s1. The minimum absolute atomic E-state index is 0.550. The Bertz CT molecular complexity index is 486. The molecule has 0 unspecified atom stereocenters. The van der Waals surface area contributed by atoms with E-state index in [-0.39, 0.29) is 0 Å². The van der Waals surface area contributed by atoms with Crippen LogP contribution in [0.2, 0.25) is 0 Å². The summed E-state index contributed by atoms with van der Waals surface area (Å²) in [7, 11) is 0. The highest BCUT2D eigenvalue weighted by Crippen LogP contribution is 2.18. The third kappa shape index (κ3) is 9.49. The van der Waals surface area contributed by atoms with Crippen molar-refractivity contribution in [1.29, 1.82) is 0 Å². The zero-order valence-corrected chi connectivity index (χ0v) is 13.7. The third-order valence-electron chi connectivity index (χ3n) is 2.48. The number of hydrogen-bond acceptors (Lipinski definition) is 9. The SMILES string of the molecule is CC(=O)OC[C@@H](OC(C)=O)[C@@H](OC(C)=O)[C@@H](CC(=O)F)OC(C)=O. The molecule has 0 saturated heterocycles. The molecule has 0 aromatic carbocycles. The molecule has 0 bridgehead atoms. The second-order valence-electron chi connectivity index (χ2n) is 4.73. The Morgan fingerprint density at radius 3 is 1.58 bits per heavy atom. The summed E-state index contributed by atoms with van der Waals surface area (Å²) in [6.45, 7) is 3.57. The number of rotatable bonds is 9. The van der Waals surface area contributed by atoms with Crippen LogP contribution in [-0.2, 0) is 42.9 Å². The number of carbonyl (C=O) groups is 5. The predicted octanol–water partition coefficient (Wildman–Crippen LogP) is 0.231. The van der Waals surface area contributed by atoms with Gasteiger partial charge in [-0.1, -0.05) is 0 Å². The van der Waals surface area contributed by atoms with Gasteiger partial charge in [0, 0.05) is 27.7 Å². The lowest BCUT2D eigenvalue weighted by molar-refractivity contribution is -0.190. The van der Waals surface area contributed by atoms with Crippen molar-refractivity contribution in [3.8, 4) is 0 Å². The van der Waals surface area contributed by atoms with Crippen LogP contribution in [0.15, 0.2) is 0 Å². The Morgan fingerprint density at radius 1 is 0.750 bits per heavy atom. The topological polar surface area (TPSA) is 122 Å². The second kappa shape index (κ2) is 10.3. The van der Waals surface area contributed by atoms with Gasteiger partial charge in [0.25, 0.3) is 0 Å².